The third kappa shape index (κ3) is 3.64. The number of aromatic nitrogens is 2. The quantitative estimate of drug-likeness (QED) is 0.709. The number of aryl methyl sites for hydroxylation is 1. The van der Waals surface area contributed by atoms with Crippen molar-refractivity contribution in [2.24, 2.45) is 7.05 Å². The van der Waals surface area contributed by atoms with Crippen LogP contribution in [0.4, 0.5) is 5.69 Å². The van der Waals surface area contributed by atoms with E-state index in [1.807, 2.05) is 30.3 Å². The van der Waals surface area contributed by atoms with E-state index in [1.54, 1.807) is 31.3 Å². The van der Waals surface area contributed by atoms with Crippen molar-refractivity contribution in [2.75, 3.05) is 12.1 Å². The van der Waals surface area contributed by atoms with Crippen molar-refractivity contribution in [3.63, 3.8) is 0 Å². The van der Waals surface area contributed by atoms with E-state index >= 15 is 0 Å². The Morgan fingerprint density at radius 3 is 2.79 bits per heavy atom. The summed E-state index contributed by atoms with van der Waals surface area (Å²) in [6.07, 6.45) is 3.15. The van der Waals surface area contributed by atoms with Gasteiger partial charge in [0.15, 0.2) is 11.5 Å². The Kier molecular flexibility index (Phi) is 4.63. The highest BCUT2D eigenvalue weighted by Gasteiger charge is 2.12. The smallest absolute Gasteiger partial charge is 0.266 e. The summed E-state index contributed by atoms with van der Waals surface area (Å²) in [5.74, 6) is 1.07. The maximum atomic E-state index is 12.4. The molecule has 0 fully saturated rings. The molecule has 1 amide bonds. The van der Waals surface area contributed by atoms with Crippen molar-refractivity contribution in [1.82, 2.24) is 9.78 Å². The molecule has 1 aliphatic heterocycles. The molecule has 0 saturated carbocycles. The molecule has 0 spiro atoms. The lowest BCUT2D eigenvalue weighted by Gasteiger charge is -2.10. The minimum atomic E-state index is -0.282. The molecule has 1 aliphatic rings. The van der Waals surface area contributed by atoms with Crippen LogP contribution in [0.3, 0.4) is 0 Å². The largest absolute Gasteiger partial charge is 0.454 e. The minimum Gasteiger partial charge on any atom is -0.454 e. The van der Waals surface area contributed by atoms with Crippen LogP contribution in [0.15, 0.2) is 65.5 Å². The number of anilines is 1. The Balaban J connectivity index is 1.53. The van der Waals surface area contributed by atoms with Crippen molar-refractivity contribution < 1.29 is 14.3 Å². The minimum absolute atomic E-state index is 0.197. The highest BCUT2D eigenvalue weighted by Crippen LogP contribution is 2.32. The van der Waals surface area contributed by atoms with Crippen LogP contribution in [-0.2, 0) is 11.8 Å². The summed E-state index contributed by atoms with van der Waals surface area (Å²) in [4.78, 5) is 24.0. The zero-order valence-corrected chi connectivity index (χ0v) is 15.1. The number of fused-ring (bicyclic) bond motifs is 1. The van der Waals surface area contributed by atoms with Gasteiger partial charge in [-0.05, 0) is 35.9 Å². The van der Waals surface area contributed by atoms with Crippen LogP contribution >= 0.6 is 0 Å². The molecule has 28 heavy (non-hydrogen) atoms. The molecule has 0 saturated heterocycles. The van der Waals surface area contributed by atoms with Crippen LogP contribution in [0.2, 0.25) is 0 Å². The van der Waals surface area contributed by atoms with E-state index in [-0.39, 0.29) is 18.3 Å². The van der Waals surface area contributed by atoms with E-state index < -0.39 is 0 Å². The van der Waals surface area contributed by atoms with Crippen LogP contribution < -0.4 is 20.3 Å². The summed E-state index contributed by atoms with van der Waals surface area (Å²) in [7, 11) is 1.58. The second-order valence-corrected chi connectivity index (χ2v) is 6.16. The van der Waals surface area contributed by atoms with Gasteiger partial charge in [0.05, 0.1) is 11.4 Å². The lowest BCUT2D eigenvalue weighted by Crippen LogP contribution is -2.18. The number of carbonyl (C=O) groups is 1. The number of benzene rings is 2. The van der Waals surface area contributed by atoms with Crippen molar-refractivity contribution in [3.05, 3.63) is 76.6 Å². The summed E-state index contributed by atoms with van der Waals surface area (Å²) in [6.45, 7) is 0.207. The van der Waals surface area contributed by atoms with Crippen LogP contribution in [-0.4, -0.2) is 22.5 Å². The summed E-state index contributed by atoms with van der Waals surface area (Å²) in [5, 5.41) is 7.10. The monoisotopic (exact) mass is 375 g/mol. The van der Waals surface area contributed by atoms with Crippen molar-refractivity contribution in [2.45, 2.75) is 0 Å². The van der Waals surface area contributed by atoms with Gasteiger partial charge in [-0.3, -0.25) is 9.59 Å². The Morgan fingerprint density at radius 2 is 1.93 bits per heavy atom. The molecule has 4 rings (SSSR count). The van der Waals surface area contributed by atoms with E-state index in [9.17, 15) is 9.59 Å². The van der Waals surface area contributed by atoms with Crippen molar-refractivity contribution >= 4 is 17.7 Å². The topological polar surface area (TPSA) is 82.5 Å². The first kappa shape index (κ1) is 17.5. The number of hydrogen-bond acceptors (Lipinski definition) is 5. The number of rotatable bonds is 4. The summed E-state index contributed by atoms with van der Waals surface area (Å²) >= 11 is 0. The number of para-hydroxylation sites is 1. The van der Waals surface area contributed by atoms with E-state index in [0.717, 1.165) is 11.1 Å². The predicted octanol–water partition coefficient (Wildman–Crippen LogP) is 2.83. The lowest BCUT2D eigenvalue weighted by atomic mass is 10.1. The maximum absolute atomic E-state index is 12.4. The summed E-state index contributed by atoms with van der Waals surface area (Å²) < 4.78 is 11.9. The first-order valence-electron chi connectivity index (χ1n) is 8.63. The lowest BCUT2D eigenvalue weighted by molar-refractivity contribution is -0.111. The van der Waals surface area contributed by atoms with Gasteiger partial charge < -0.3 is 14.8 Å². The summed E-state index contributed by atoms with van der Waals surface area (Å²) in [5.41, 5.74) is 2.55. The second-order valence-electron chi connectivity index (χ2n) is 6.16. The molecule has 7 nitrogen and oxygen atoms in total. The van der Waals surface area contributed by atoms with Crippen LogP contribution in [0.5, 0.6) is 11.5 Å². The van der Waals surface area contributed by atoms with Gasteiger partial charge in [-0.25, -0.2) is 4.68 Å². The third-order valence-corrected chi connectivity index (χ3v) is 4.25. The number of nitrogens with one attached hydrogen (secondary N) is 1. The molecule has 2 heterocycles. The standard InChI is InChI=1S/C21H17N3O4/c1-24-21(26)11-8-17(23-24)15-4-2-3-5-16(15)22-20(25)10-7-14-6-9-18-19(12-14)28-13-27-18/h2-12H,13H2,1H3,(H,22,25). The van der Waals surface area contributed by atoms with E-state index in [4.69, 9.17) is 9.47 Å². The van der Waals surface area contributed by atoms with Crippen LogP contribution in [0, 0.1) is 0 Å². The van der Waals surface area contributed by atoms with Gasteiger partial charge in [0.2, 0.25) is 12.7 Å². The van der Waals surface area contributed by atoms with E-state index in [0.29, 0.717) is 22.9 Å². The Hall–Kier alpha value is -3.87. The van der Waals surface area contributed by atoms with Gasteiger partial charge in [0.25, 0.3) is 5.56 Å². The average molecular weight is 375 g/mol. The number of carbonyl (C=O) groups excluding carboxylic acids is 1. The van der Waals surface area contributed by atoms with Gasteiger partial charge in [-0.15, -0.1) is 0 Å². The van der Waals surface area contributed by atoms with Crippen molar-refractivity contribution in [1.29, 1.82) is 0 Å². The number of amides is 1. The summed E-state index contributed by atoms with van der Waals surface area (Å²) in [6, 6.07) is 15.8. The number of ether oxygens (including phenoxy) is 2. The second kappa shape index (κ2) is 7.40. The zero-order chi connectivity index (χ0) is 19.5. The molecular formula is C21H17N3O4. The molecule has 0 radical (unpaired) electrons. The first-order valence-corrected chi connectivity index (χ1v) is 8.63. The van der Waals surface area contributed by atoms with Gasteiger partial charge in [-0.1, -0.05) is 24.3 Å². The fourth-order valence-electron chi connectivity index (χ4n) is 2.82. The molecule has 1 N–H and O–H groups in total. The molecule has 2 aromatic carbocycles. The molecule has 0 unspecified atom stereocenters. The SMILES string of the molecule is Cn1nc(-c2ccccc2NC(=O)C=Cc2ccc3c(c2)OCO3)ccc1=O. The first-order chi connectivity index (χ1) is 13.6. The van der Waals surface area contributed by atoms with Crippen LogP contribution in [0.25, 0.3) is 17.3 Å². The van der Waals surface area contributed by atoms with Crippen molar-refractivity contribution in [3.8, 4) is 22.8 Å². The molecule has 0 bridgehead atoms. The molecule has 0 atom stereocenters. The fraction of sp³-hybridized carbons (Fsp3) is 0.0952. The van der Waals surface area contributed by atoms with Gasteiger partial charge in [0, 0.05) is 24.8 Å². The molecule has 3 aromatic rings. The molecule has 140 valence electrons. The fourth-order valence-corrected chi connectivity index (χ4v) is 2.82. The van der Waals surface area contributed by atoms with Crippen LogP contribution in [0.1, 0.15) is 5.56 Å². The van der Waals surface area contributed by atoms with E-state index in [2.05, 4.69) is 10.4 Å². The average Bonchev–Trinajstić information content (AvgIpc) is 3.17. The van der Waals surface area contributed by atoms with E-state index in [1.165, 1.54) is 16.8 Å². The Morgan fingerprint density at radius 1 is 1.11 bits per heavy atom. The molecule has 7 heteroatoms. The molecular weight excluding hydrogens is 358 g/mol. The zero-order valence-electron chi connectivity index (χ0n) is 15.1. The molecule has 0 aliphatic carbocycles. The highest BCUT2D eigenvalue weighted by atomic mass is 16.7. The highest BCUT2D eigenvalue weighted by molar-refractivity contribution is 6.04. The number of nitrogens with zero attached hydrogens (tertiary/aromatic N) is 2. The predicted molar refractivity (Wildman–Crippen MR) is 105 cm³/mol. The Bertz CT molecular complexity index is 1130. The van der Waals surface area contributed by atoms with Gasteiger partial charge in [-0.2, -0.15) is 5.10 Å². The van der Waals surface area contributed by atoms with Gasteiger partial charge >= 0.3 is 0 Å². The Labute approximate surface area is 160 Å². The number of hydrogen-bond donors (Lipinski definition) is 1. The molecule has 1 aromatic heterocycles. The normalized spacial score (nSPS) is 12.3. The third-order valence-electron chi connectivity index (χ3n) is 4.25. The van der Waals surface area contributed by atoms with Gasteiger partial charge in [0.1, 0.15) is 0 Å². The maximum Gasteiger partial charge on any atom is 0.266 e.